The summed E-state index contributed by atoms with van der Waals surface area (Å²) in [5, 5.41) is 19.5. The van der Waals surface area contributed by atoms with Gasteiger partial charge in [0.05, 0.1) is 16.6 Å². The Kier molecular flexibility index (Phi) is 3.83. The lowest BCUT2D eigenvalue weighted by molar-refractivity contribution is -0.384. The van der Waals surface area contributed by atoms with Crippen LogP contribution in [0.3, 0.4) is 0 Å². The number of rotatable bonds is 3. The van der Waals surface area contributed by atoms with Gasteiger partial charge in [0, 0.05) is 30.2 Å². The van der Waals surface area contributed by atoms with E-state index in [0.717, 1.165) is 29.8 Å². The highest BCUT2D eigenvalue weighted by molar-refractivity contribution is 6.14. The molecular weight excluding hydrogens is 282 g/mol. The first kappa shape index (κ1) is 14.6. The number of nitro benzene ring substituents is 1. The van der Waals surface area contributed by atoms with Crippen molar-refractivity contribution >= 4 is 22.9 Å². The molecule has 1 aromatic rings. The van der Waals surface area contributed by atoms with Crippen molar-refractivity contribution < 1.29 is 9.72 Å². The fourth-order valence-electron chi connectivity index (χ4n) is 3.32. The smallest absolute Gasteiger partial charge is 0.269 e. The number of Topliss-reactive ketones (excluding diaryl/α,β-unsaturated/α-hetero) is 1. The molecule has 0 amide bonds. The molecule has 0 spiro atoms. The summed E-state index contributed by atoms with van der Waals surface area (Å²) in [7, 11) is 0. The van der Waals surface area contributed by atoms with Crippen LogP contribution in [0.25, 0.3) is 0 Å². The van der Waals surface area contributed by atoms with E-state index in [1.807, 2.05) is 13.0 Å². The Labute approximate surface area is 128 Å². The second-order valence-corrected chi connectivity index (χ2v) is 5.66. The van der Waals surface area contributed by atoms with Crippen molar-refractivity contribution in [1.82, 2.24) is 0 Å². The van der Waals surface area contributed by atoms with Gasteiger partial charge in [-0.1, -0.05) is 19.1 Å². The first-order valence-corrected chi connectivity index (χ1v) is 7.52. The lowest BCUT2D eigenvalue weighted by Gasteiger charge is -2.33. The van der Waals surface area contributed by atoms with Crippen LogP contribution in [0, 0.1) is 16.0 Å². The van der Waals surface area contributed by atoms with Crippen molar-refractivity contribution in [2.75, 3.05) is 0 Å². The molecule has 3 rings (SSSR count). The van der Waals surface area contributed by atoms with Gasteiger partial charge in [-0.3, -0.25) is 14.9 Å². The predicted octanol–water partition coefficient (Wildman–Crippen LogP) is 3.27. The summed E-state index contributed by atoms with van der Waals surface area (Å²) in [6, 6.07) is 6.53. The summed E-state index contributed by atoms with van der Waals surface area (Å²) in [5.41, 5.74) is 2.47. The normalized spacial score (nSPS) is 24.3. The lowest BCUT2D eigenvalue weighted by Crippen LogP contribution is -2.39. The summed E-state index contributed by atoms with van der Waals surface area (Å²) < 4.78 is 0. The van der Waals surface area contributed by atoms with Crippen molar-refractivity contribution in [3.8, 4) is 0 Å². The summed E-state index contributed by atoms with van der Waals surface area (Å²) in [4.78, 5) is 23.0. The average Bonchev–Trinajstić information content (AvgIpc) is 2.54. The van der Waals surface area contributed by atoms with Gasteiger partial charge >= 0.3 is 0 Å². The highest BCUT2D eigenvalue weighted by Crippen LogP contribution is 2.38. The number of hydrogen-bond acceptors (Lipinski definition) is 5. The van der Waals surface area contributed by atoms with E-state index < -0.39 is 4.92 Å². The molecule has 1 heterocycles. The molecule has 2 atom stereocenters. The molecule has 0 bridgehead atoms. The standard InChI is InChI=1S/C16H17N3O3/c1-2-12-15(10-5-3-6-11(9-10)19(21)22)16-13(18-17-12)7-4-8-14(16)20/h3,5-6,9,15-16H,2,4,7-8H2,1H3. The number of ketones is 1. The van der Waals surface area contributed by atoms with Crippen molar-refractivity contribution in [3.63, 3.8) is 0 Å². The predicted molar refractivity (Wildman–Crippen MR) is 83.3 cm³/mol. The molecule has 1 aliphatic heterocycles. The molecule has 0 N–H and O–H groups in total. The van der Waals surface area contributed by atoms with Gasteiger partial charge < -0.3 is 0 Å². The number of nitrogens with zero attached hydrogens (tertiary/aromatic N) is 3. The van der Waals surface area contributed by atoms with E-state index in [4.69, 9.17) is 0 Å². The maximum atomic E-state index is 12.4. The summed E-state index contributed by atoms with van der Waals surface area (Å²) in [5.74, 6) is -0.351. The highest BCUT2D eigenvalue weighted by Gasteiger charge is 2.40. The van der Waals surface area contributed by atoms with Gasteiger partial charge in [-0.2, -0.15) is 10.2 Å². The maximum Gasteiger partial charge on any atom is 0.269 e. The Bertz CT molecular complexity index is 694. The van der Waals surface area contributed by atoms with Crippen LogP contribution in [0.15, 0.2) is 34.5 Å². The average molecular weight is 299 g/mol. The van der Waals surface area contributed by atoms with E-state index in [9.17, 15) is 14.9 Å². The van der Waals surface area contributed by atoms with Gasteiger partial charge in [0.2, 0.25) is 0 Å². The Hall–Kier alpha value is -2.37. The second kappa shape index (κ2) is 5.79. The van der Waals surface area contributed by atoms with Crippen molar-refractivity contribution in [2.45, 2.75) is 38.5 Å². The molecule has 0 aromatic heterocycles. The van der Waals surface area contributed by atoms with Gasteiger partial charge in [-0.25, -0.2) is 0 Å². The van der Waals surface area contributed by atoms with Crippen LogP contribution >= 0.6 is 0 Å². The molecule has 2 unspecified atom stereocenters. The van der Waals surface area contributed by atoms with E-state index in [1.165, 1.54) is 6.07 Å². The number of benzene rings is 1. The van der Waals surface area contributed by atoms with E-state index >= 15 is 0 Å². The molecule has 1 fully saturated rings. The van der Waals surface area contributed by atoms with E-state index in [0.29, 0.717) is 12.8 Å². The fourth-order valence-corrected chi connectivity index (χ4v) is 3.32. The molecule has 0 radical (unpaired) electrons. The number of hydrogen-bond donors (Lipinski definition) is 0. The summed E-state index contributed by atoms with van der Waals surface area (Å²) in [6.45, 7) is 1.97. The molecule has 22 heavy (non-hydrogen) atoms. The summed E-state index contributed by atoms with van der Waals surface area (Å²) >= 11 is 0. The van der Waals surface area contributed by atoms with Gasteiger partial charge in [-0.15, -0.1) is 0 Å². The Morgan fingerprint density at radius 2 is 2.09 bits per heavy atom. The van der Waals surface area contributed by atoms with Crippen LogP contribution in [-0.2, 0) is 4.79 Å². The van der Waals surface area contributed by atoms with Crippen molar-refractivity contribution in [1.29, 1.82) is 0 Å². The topological polar surface area (TPSA) is 84.9 Å². The van der Waals surface area contributed by atoms with Crippen molar-refractivity contribution in [3.05, 3.63) is 39.9 Å². The van der Waals surface area contributed by atoms with Crippen LogP contribution in [0.5, 0.6) is 0 Å². The van der Waals surface area contributed by atoms with Crippen LogP contribution in [0.4, 0.5) is 5.69 Å². The van der Waals surface area contributed by atoms with E-state index in [2.05, 4.69) is 10.2 Å². The minimum absolute atomic E-state index is 0.0419. The summed E-state index contributed by atoms with van der Waals surface area (Å²) in [6.07, 6.45) is 2.81. The number of non-ortho nitro benzene ring substituents is 1. The molecule has 6 nitrogen and oxygen atoms in total. The zero-order valence-corrected chi connectivity index (χ0v) is 12.4. The third kappa shape index (κ3) is 2.45. The van der Waals surface area contributed by atoms with E-state index in [1.54, 1.807) is 12.1 Å². The first-order chi connectivity index (χ1) is 10.6. The molecule has 2 aliphatic rings. The zero-order chi connectivity index (χ0) is 15.7. The lowest BCUT2D eigenvalue weighted by atomic mass is 9.71. The third-order valence-electron chi connectivity index (χ3n) is 4.36. The number of carbonyl (C=O) groups is 1. The Morgan fingerprint density at radius 1 is 1.27 bits per heavy atom. The molecule has 6 heteroatoms. The third-order valence-corrected chi connectivity index (χ3v) is 4.36. The minimum atomic E-state index is -0.410. The van der Waals surface area contributed by atoms with Gasteiger partial charge in [0.15, 0.2) is 0 Å². The SMILES string of the molecule is CCC1=NN=C2CCCC(=O)C2C1c1cccc([N+](=O)[O-])c1. The molecule has 0 saturated heterocycles. The molecule has 1 aliphatic carbocycles. The van der Waals surface area contributed by atoms with Crippen LogP contribution in [0.2, 0.25) is 0 Å². The highest BCUT2D eigenvalue weighted by atomic mass is 16.6. The maximum absolute atomic E-state index is 12.4. The monoisotopic (exact) mass is 299 g/mol. The van der Waals surface area contributed by atoms with Crippen LogP contribution in [-0.4, -0.2) is 22.1 Å². The fraction of sp³-hybridized carbons (Fsp3) is 0.438. The minimum Gasteiger partial charge on any atom is -0.299 e. The molecule has 1 aromatic carbocycles. The second-order valence-electron chi connectivity index (χ2n) is 5.66. The van der Waals surface area contributed by atoms with Gasteiger partial charge in [0.25, 0.3) is 5.69 Å². The van der Waals surface area contributed by atoms with Crippen LogP contribution in [0.1, 0.15) is 44.1 Å². The molecule has 1 saturated carbocycles. The van der Waals surface area contributed by atoms with Crippen LogP contribution < -0.4 is 0 Å². The molecule has 114 valence electrons. The van der Waals surface area contributed by atoms with Crippen molar-refractivity contribution in [2.24, 2.45) is 16.1 Å². The quantitative estimate of drug-likeness (QED) is 0.634. The number of fused-ring (bicyclic) bond motifs is 1. The van der Waals surface area contributed by atoms with E-state index in [-0.39, 0.29) is 23.3 Å². The Balaban J connectivity index is 2.07. The first-order valence-electron chi connectivity index (χ1n) is 7.52. The number of nitro groups is 1. The Morgan fingerprint density at radius 3 is 2.82 bits per heavy atom. The van der Waals surface area contributed by atoms with Gasteiger partial charge in [-0.05, 0) is 24.8 Å². The zero-order valence-electron chi connectivity index (χ0n) is 12.4. The molecular formula is C16H17N3O3. The van der Waals surface area contributed by atoms with Gasteiger partial charge in [0.1, 0.15) is 5.78 Å². The largest absolute Gasteiger partial charge is 0.299 e. The number of carbonyl (C=O) groups excluding carboxylic acids is 1.